The normalized spacial score (nSPS) is 8.00. The van der Waals surface area contributed by atoms with Crippen molar-refractivity contribution in [3.8, 4) is 0 Å². The monoisotopic (exact) mass is 496 g/mol. The molecule has 0 aliphatic carbocycles. The molecule has 0 rings (SSSR count). The molecule has 0 atom stereocenters. The van der Waals surface area contributed by atoms with Crippen LogP contribution in [0.4, 0.5) is 0 Å². The zero-order valence-corrected chi connectivity index (χ0v) is 21.1. The van der Waals surface area contributed by atoms with Crippen molar-refractivity contribution < 1.29 is 65.1 Å². The molecule has 0 saturated carbocycles. The van der Waals surface area contributed by atoms with Gasteiger partial charge in [0.25, 0.3) is 0 Å². The van der Waals surface area contributed by atoms with Gasteiger partial charge in [0.05, 0.1) is 13.2 Å². The van der Waals surface area contributed by atoms with Crippen LogP contribution in [0, 0.1) is 12.8 Å². The first-order valence-electron chi connectivity index (χ1n) is 9.42. The molecule has 0 radical (unpaired) electrons. The average molecular weight is 498 g/mol. The molecule has 0 unspecified atom stereocenters. The summed E-state index contributed by atoms with van der Waals surface area (Å²) in [5.41, 5.74) is 0. The third kappa shape index (κ3) is 58.4. The van der Waals surface area contributed by atoms with Crippen molar-refractivity contribution in [3.63, 3.8) is 0 Å². The number of rotatable bonds is 10. The number of esters is 2. The Bertz CT molecular complexity index is 347. The van der Waals surface area contributed by atoms with Crippen LogP contribution in [-0.4, -0.2) is 60.1 Å². The van der Waals surface area contributed by atoms with Crippen LogP contribution in [0.15, 0.2) is 0 Å². The van der Waals surface area contributed by atoms with Gasteiger partial charge < -0.3 is 29.3 Å². The summed E-state index contributed by atoms with van der Waals surface area (Å²) >= 11 is 0. The van der Waals surface area contributed by atoms with Crippen LogP contribution >= 0.6 is 0 Å². The van der Waals surface area contributed by atoms with E-state index in [9.17, 15) is 19.2 Å². The molecule has 0 fully saturated rings. The molecule has 0 aromatic rings. The molecular formula is C20H38O8Zr. The third-order valence-electron chi connectivity index (χ3n) is 2.24. The fourth-order valence-corrected chi connectivity index (χ4v) is 1.02. The minimum absolute atomic E-state index is 0. The van der Waals surface area contributed by atoms with Crippen LogP contribution in [0.25, 0.3) is 0 Å². The Labute approximate surface area is 194 Å². The van der Waals surface area contributed by atoms with Crippen LogP contribution in [0.1, 0.15) is 67.2 Å². The standard InChI is InChI=1S/2C6H9O3.2C4H10O.Zr/c2*1-3-9-6(8)4-5(2)7;2*1-2-3-4-5;/h2*4H,3H2,1-2H3;2*5H,2-4H2,1H3;/q2*-1;;;+2. The van der Waals surface area contributed by atoms with Crippen molar-refractivity contribution in [2.75, 3.05) is 26.4 Å². The Kier molecular flexibility index (Phi) is 45.5. The van der Waals surface area contributed by atoms with Gasteiger partial charge in [0.15, 0.2) is 11.9 Å². The Morgan fingerprint density at radius 1 is 0.690 bits per heavy atom. The van der Waals surface area contributed by atoms with E-state index in [1.165, 1.54) is 13.8 Å². The SMILES string of the molecule is CCCCO.CCCCO.CCOC(=O)[CH-]C(C)=O.CCOC(=O)[CH-]C(C)=O.[Zr+2]. The molecule has 29 heavy (non-hydrogen) atoms. The Morgan fingerprint density at radius 3 is 1.07 bits per heavy atom. The molecule has 170 valence electrons. The number of hydrogen-bond donors (Lipinski definition) is 2. The third-order valence-corrected chi connectivity index (χ3v) is 2.24. The van der Waals surface area contributed by atoms with Gasteiger partial charge in [-0.15, -0.1) is 0 Å². The maximum absolute atomic E-state index is 10.4. The second-order valence-corrected chi connectivity index (χ2v) is 5.17. The van der Waals surface area contributed by atoms with Crippen molar-refractivity contribution in [1.29, 1.82) is 0 Å². The van der Waals surface area contributed by atoms with Gasteiger partial charge in [0, 0.05) is 24.8 Å². The first-order valence-corrected chi connectivity index (χ1v) is 9.42. The molecule has 0 aromatic carbocycles. The minimum atomic E-state index is -0.565. The van der Waals surface area contributed by atoms with Crippen LogP contribution in [0.2, 0.25) is 0 Å². The van der Waals surface area contributed by atoms with E-state index in [1.807, 2.05) is 0 Å². The van der Waals surface area contributed by atoms with Crippen LogP contribution in [-0.2, 0) is 54.9 Å². The number of carbonyl (C=O) groups is 4. The number of aliphatic hydroxyl groups is 2. The molecule has 0 amide bonds. The van der Waals surface area contributed by atoms with Gasteiger partial charge in [-0.05, 0) is 40.5 Å². The van der Waals surface area contributed by atoms with Gasteiger partial charge >= 0.3 is 26.2 Å². The number of carbonyl (C=O) groups excluding carboxylic acids is 4. The van der Waals surface area contributed by atoms with E-state index >= 15 is 0 Å². The van der Waals surface area contributed by atoms with Gasteiger partial charge in [-0.3, -0.25) is 9.59 Å². The van der Waals surface area contributed by atoms with E-state index in [0.29, 0.717) is 26.4 Å². The Balaban J connectivity index is -0.0000000907. The van der Waals surface area contributed by atoms with Crippen LogP contribution in [0.3, 0.4) is 0 Å². The number of aliphatic hydroxyl groups excluding tert-OH is 2. The second kappa shape index (κ2) is 34.3. The first-order chi connectivity index (χ1) is 13.2. The fraction of sp³-hybridized carbons (Fsp3) is 0.700. The summed E-state index contributed by atoms with van der Waals surface area (Å²) in [7, 11) is 0. The van der Waals surface area contributed by atoms with Gasteiger partial charge in [0.2, 0.25) is 0 Å². The quantitative estimate of drug-likeness (QED) is 0.267. The Hall–Kier alpha value is -1.18. The molecule has 0 saturated heterocycles. The molecule has 2 N–H and O–H groups in total. The summed E-state index contributed by atoms with van der Waals surface area (Å²) in [5.74, 6) is -1.70. The summed E-state index contributed by atoms with van der Waals surface area (Å²) in [6, 6.07) is 0. The number of Topliss-reactive ketones (excluding diaryl/α,β-unsaturated/α-hetero) is 2. The van der Waals surface area contributed by atoms with E-state index in [4.69, 9.17) is 10.2 Å². The summed E-state index contributed by atoms with van der Waals surface area (Å²) < 4.78 is 8.87. The Morgan fingerprint density at radius 2 is 0.966 bits per heavy atom. The van der Waals surface area contributed by atoms with E-state index in [-0.39, 0.29) is 37.8 Å². The molecule has 0 bridgehead atoms. The molecule has 0 spiro atoms. The number of hydrogen-bond acceptors (Lipinski definition) is 8. The molecular weight excluding hydrogens is 459 g/mol. The van der Waals surface area contributed by atoms with E-state index < -0.39 is 11.9 Å². The molecule has 0 aromatic heterocycles. The van der Waals surface area contributed by atoms with Crippen molar-refractivity contribution >= 4 is 23.5 Å². The number of unbranched alkanes of at least 4 members (excludes halogenated alkanes) is 2. The predicted molar refractivity (Wildman–Crippen MR) is 107 cm³/mol. The number of ketones is 2. The smallest absolute Gasteiger partial charge is 0.488 e. The second-order valence-electron chi connectivity index (χ2n) is 5.17. The van der Waals surface area contributed by atoms with E-state index in [0.717, 1.165) is 38.5 Å². The molecule has 0 heterocycles. The van der Waals surface area contributed by atoms with Crippen LogP contribution < -0.4 is 0 Å². The average Bonchev–Trinajstić information content (AvgIpc) is 2.57. The molecule has 0 aliphatic heterocycles. The largest absolute Gasteiger partial charge is 2.00 e. The van der Waals surface area contributed by atoms with Crippen molar-refractivity contribution in [3.05, 3.63) is 12.8 Å². The summed E-state index contributed by atoms with van der Waals surface area (Å²) in [6.07, 6.45) is 5.92. The van der Waals surface area contributed by atoms with Crippen LogP contribution in [0.5, 0.6) is 0 Å². The molecule has 0 aliphatic rings. The van der Waals surface area contributed by atoms with E-state index in [1.54, 1.807) is 13.8 Å². The predicted octanol–water partition coefficient (Wildman–Crippen LogP) is 2.24. The van der Waals surface area contributed by atoms with E-state index in [2.05, 4.69) is 23.3 Å². The van der Waals surface area contributed by atoms with Gasteiger partial charge in [-0.1, -0.05) is 26.7 Å². The topological polar surface area (TPSA) is 127 Å². The zero-order chi connectivity index (χ0) is 22.8. The maximum atomic E-state index is 10.4. The summed E-state index contributed by atoms with van der Waals surface area (Å²) in [5, 5.41) is 16.1. The summed E-state index contributed by atoms with van der Waals surface area (Å²) in [4.78, 5) is 41.1. The van der Waals surface area contributed by atoms with Crippen molar-refractivity contribution in [2.45, 2.75) is 67.2 Å². The van der Waals surface area contributed by atoms with Crippen molar-refractivity contribution in [2.24, 2.45) is 0 Å². The summed E-state index contributed by atoms with van der Waals surface area (Å²) in [6.45, 7) is 11.4. The van der Waals surface area contributed by atoms with Gasteiger partial charge in [0.1, 0.15) is 0 Å². The van der Waals surface area contributed by atoms with Gasteiger partial charge in [-0.2, -0.15) is 0 Å². The number of ether oxygens (including phenoxy) is 2. The molecule has 9 heteroatoms. The zero-order valence-electron chi connectivity index (χ0n) is 18.7. The minimum Gasteiger partial charge on any atom is -0.488 e. The van der Waals surface area contributed by atoms with Crippen molar-refractivity contribution in [1.82, 2.24) is 0 Å². The van der Waals surface area contributed by atoms with Gasteiger partial charge in [-0.25, -0.2) is 12.8 Å². The maximum Gasteiger partial charge on any atom is 2.00 e. The first kappa shape index (κ1) is 38.4. The molecule has 8 nitrogen and oxygen atoms in total. The fourth-order valence-electron chi connectivity index (χ4n) is 1.02.